The van der Waals surface area contributed by atoms with Crippen molar-refractivity contribution in [1.29, 1.82) is 0 Å². The predicted molar refractivity (Wildman–Crippen MR) is 60.3 cm³/mol. The van der Waals surface area contributed by atoms with Crippen LogP contribution in [0.1, 0.15) is 0 Å². The van der Waals surface area contributed by atoms with Crippen LogP contribution < -0.4 is 10.2 Å². The zero-order valence-corrected chi connectivity index (χ0v) is 9.22. The molecule has 1 aliphatic heterocycles. The third-order valence-electron chi connectivity index (χ3n) is 2.54. The average Bonchev–Trinajstić information content (AvgIpc) is 2.39. The van der Waals surface area contributed by atoms with Crippen molar-refractivity contribution in [2.75, 3.05) is 31.7 Å². The number of nitrogens with zero attached hydrogens (tertiary/aromatic N) is 2. The van der Waals surface area contributed by atoms with Crippen molar-refractivity contribution < 1.29 is 9.53 Å². The van der Waals surface area contributed by atoms with E-state index >= 15 is 0 Å². The van der Waals surface area contributed by atoms with Crippen LogP contribution in [0.25, 0.3) is 0 Å². The van der Waals surface area contributed by atoms with Gasteiger partial charge in [-0.05, 0) is 12.1 Å². The molecule has 0 radical (unpaired) electrons. The van der Waals surface area contributed by atoms with Gasteiger partial charge >= 0.3 is 0 Å². The van der Waals surface area contributed by atoms with Crippen LogP contribution in [0.4, 0.5) is 5.82 Å². The number of carbonyl (C=O) groups is 1. The number of anilines is 1. The van der Waals surface area contributed by atoms with Crippen LogP contribution in [-0.4, -0.2) is 43.7 Å². The molecule has 5 nitrogen and oxygen atoms in total. The highest BCUT2D eigenvalue weighted by atomic mass is 16.5. The third-order valence-corrected chi connectivity index (χ3v) is 2.54. The number of pyridine rings is 1. The zero-order valence-electron chi connectivity index (χ0n) is 9.22. The molecule has 16 heavy (non-hydrogen) atoms. The molecular weight excluding hydrogens is 206 g/mol. The Bertz CT molecular complexity index is 350. The van der Waals surface area contributed by atoms with Gasteiger partial charge in [-0.2, -0.15) is 0 Å². The third kappa shape index (κ3) is 2.37. The second kappa shape index (κ2) is 5.05. The number of nitrogens with one attached hydrogen (secondary N) is 1. The van der Waals surface area contributed by atoms with Crippen molar-refractivity contribution in [3.8, 4) is 0 Å². The van der Waals surface area contributed by atoms with Crippen LogP contribution in [0.5, 0.6) is 0 Å². The minimum Gasteiger partial charge on any atom is -0.378 e. The Morgan fingerprint density at radius 2 is 2.50 bits per heavy atom. The van der Waals surface area contributed by atoms with Gasteiger partial charge in [0.2, 0.25) is 5.91 Å². The van der Waals surface area contributed by atoms with Gasteiger partial charge in [0, 0.05) is 19.8 Å². The second-order valence-electron chi connectivity index (χ2n) is 3.67. The molecule has 1 unspecified atom stereocenters. The zero-order chi connectivity index (χ0) is 11.4. The van der Waals surface area contributed by atoms with Crippen LogP contribution in [0.2, 0.25) is 0 Å². The van der Waals surface area contributed by atoms with Crippen molar-refractivity contribution in [2.45, 2.75) is 6.04 Å². The summed E-state index contributed by atoms with van der Waals surface area (Å²) >= 11 is 0. The first-order chi connectivity index (χ1) is 7.79. The summed E-state index contributed by atoms with van der Waals surface area (Å²) in [7, 11) is 1.72. The Balaban J connectivity index is 2.04. The van der Waals surface area contributed by atoms with Gasteiger partial charge in [0.1, 0.15) is 11.9 Å². The maximum atomic E-state index is 12.0. The molecular formula is C11H15N3O2. The molecule has 1 aromatic heterocycles. The molecule has 0 aliphatic carbocycles. The molecule has 2 rings (SSSR count). The van der Waals surface area contributed by atoms with Gasteiger partial charge in [-0.15, -0.1) is 0 Å². The van der Waals surface area contributed by atoms with E-state index < -0.39 is 0 Å². The number of carbonyl (C=O) groups excluding carboxylic acids is 1. The Morgan fingerprint density at radius 1 is 1.62 bits per heavy atom. The van der Waals surface area contributed by atoms with Crippen molar-refractivity contribution in [1.82, 2.24) is 10.3 Å². The first-order valence-corrected chi connectivity index (χ1v) is 5.29. The molecule has 1 saturated heterocycles. The number of morpholine rings is 1. The lowest BCUT2D eigenvalue weighted by atomic mass is 10.2. The minimum absolute atomic E-state index is 0.0154. The fourth-order valence-corrected chi connectivity index (χ4v) is 1.62. The number of rotatable bonds is 2. The number of likely N-dealkylation sites (N-methyl/N-ethyl adjacent to an activating group) is 1. The van der Waals surface area contributed by atoms with Crippen LogP contribution in [0, 0.1) is 0 Å². The van der Waals surface area contributed by atoms with Gasteiger partial charge in [-0.25, -0.2) is 4.98 Å². The highest BCUT2D eigenvalue weighted by Gasteiger charge is 2.25. The molecule has 5 heteroatoms. The summed E-state index contributed by atoms with van der Waals surface area (Å²) in [5, 5.41) is 3.13. The van der Waals surface area contributed by atoms with E-state index in [0.29, 0.717) is 25.6 Å². The largest absolute Gasteiger partial charge is 0.378 e. The van der Waals surface area contributed by atoms with E-state index in [1.165, 1.54) is 0 Å². The summed E-state index contributed by atoms with van der Waals surface area (Å²) in [4.78, 5) is 17.7. The van der Waals surface area contributed by atoms with Gasteiger partial charge in [0.05, 0.1) is 13.2 Å². The van der Waals surface area contributed by atoms with Crippen molar-refractivity contribution in [2.24, 2.45) is 0 Å². The van der Waals surface area contributed by atoms with E-state index in [9.17, 15) is 4.79 Å². The van der Waals surface area contributed by atoms with Crippen LogP contribution in [-0.2, 0) is 9.53 Å². The highest BCUT2D eigenvalue weighted by Crippen LogP contribution is 2.09. The fourth-order valence-electron chi connectivity index (χ4n) is 1.62. The van der Waals surface area contributed by atoms with E-state index in [1.807, 2.05) is 18.2 Å². The van der Waals surface area contributed by atoms with Gasteiger partial charge < -0.3 is 10.1 Å². The smallest absolute Gasteiger partial charge is 0.247 e. The number of amides is 1. The first kappa shape index (κ1) is 11.0. The normalized spacial score (nSPS) is 20.4. The molecule has 86 valence electrons. The predicted octanol–water partition coefficient (Wildman–Crippen LogP) is 0.0328. The van der Waals surface area contributed by atoms with E-state index in [0.717, 1.165) is 0 Å². The van der Waals surface area contributed by atoms with E-state index in [1.54, 1.807) is 18.1 Å². The summed E-state index contributed by atoms with van der Waals surface area (Å²) < 4.78 is 5.26. The van der Waals surface area contributed by atoms with Gasteiger partial charge in [0.25, 0.3) is 0 Å². The molecule has 1 N–H and O–H groups in total. The average molecular weight is 221 g/mol. The maximum Gasteiger partial charge on any atom is 0.247 e. The van der Waals surface area contributed by atoms with E-state index in [-0.39, 0.29) is 11.9 Å². The van der Waals surface area contributed by atoms with Crippen molar-refractivity contribution in [3.05, 3.63) is 24.4 Å². The number of hydrogen-bond donors (Lipinski definition) is 1. The van der Waals surface area contributed by atoms with Gasteiger partial charge in [0.15, 0.2) is 0 Å². The summed E-state index contributed by atoms with van der Waals surface area (Å²) in [6, 6.07) is 5.23. The molecule has 0 spiro atoms. The highest BCUT2D eigenvalue weighted by molar-refractivity contribution is 5.96. The lowest BCUT2D eigenvalue weighted by Crippen LogP contribution is -2.51. The van der Waals surface area contributed by atoms with Gasteiger partial charge in [-0.3, -0.25) is 9.69 Å². The van der Waals surface area contributed by atoms with Crippen LogP contribution >= 0.6 is 0 Å². The SMILES string of the molecule is CN(C(=O)C1COCCN1)c1ccccn1. The Morgan fingerprint density at radius 3 is 3.12 bits per heavy atom. The maximum absolute atomic E-state index is 12.0. The quantitative estimate of drug-likeness (QED) is 0.765. The summed E-state index contributed by atoms with van der Waals surface area (Å²) in [5.41, 5.74) is 0. The summed E-state index contributed by atoms with van der Waals surface area (Å²) in [6.45, 7) is 1.81. The lowest BCUT2D eigenvalue weighted by Gasteiger charge is -2.26. The minimum atomic E-state index is -0.263. The molecule has 0 saturated carbocycles. The van der Waals surface area contributed by atoms with Crippen molar-refractivity contribution >= 4 is 11.7 Å². The first-order valence-electron chi connectivity index (χ1n) is 5.29. The Hall–Kier alpha value is -1.46. The van der Waals surface area contributed by atoms with E-state index in [2.05, 4.69) is 10.3 Å². The lowest BCUT2D eigenvalue weighted by molar-refractivity contribution is -0.123. The van der Waals surface area contributed by atoms with Crippen molar-refractivity contribution in [3.63, 3.8) is 0 Å². The second-order valence-corrected chi connectivity index (χ2v) is 3.67. The van der Waals surface area contributed by atoms with E-state index in [4.69, 9.17) is 4.74 Å². The fraction of sp³-hybridized carbons (Fsp3) is 0.455. The number of ether oxygens (including phenoxy) is 1. The van der Waals surface area contributed by atoms with Crippen LogP contribution in [0.3, 0.4) is 0 Å². The molecule has 2 heterocycles. The summed E-state index contributed by atoms with van der Waals surface area (Å²) in [6.07, 6.45) is 1.67. The molecule has 1 fully saturated rings. The molecule has 1 amide bonds. The monoisotopic (exact) mass is 221 g/mol. The van der Waals surface area contributed by atoms with Gasteiger partial charge in [-0.1, -0.05) is 6.07 Å². The summed E-state index contributed by atoms with van der Waals surface area (Å²) in [5.74, 6) is 0.637. The number of aromatic nitrogens is 1. The molecule has 1 aromatic rings. The molecule has 1 aliphatic rings. The molecule has 0 bridgehead atoms. The topological polar surface area (TPSA) is 54.5 Å². The Kier molecular flexibility index (Phi) is 3.48. The molecule has 1 atom stereocenters. The van der Waals surface area contributed by atoms with Crippen LogP contribution in [0.15, 0.2) is 24.4 Å². The Labute approximate surface area is 94.4 Å². The number of hydrogen-bond acceptors (Lipinski definition) is 4. The standard InChI is InChI=1S/C11H15N3O2/c1-14(10-4-2-3-5-13-10)11(15)9-8-16-7-6-12-9/h2-5,9,12H,6-8H2,1H3. The molecule has 0 aromatic carbocycles.